The highest BCUT2D eigenvalue weighted by atomic mass is 35.5. The van der Waals surface area contributed by atoms with Gasteiger partial charge in [0.2, 0.25) is 5.91 Å². The first-order valence-corrected chi connectivity index (χ1v) is 8.97. The van der Waals surface area contributed by atoms with Gasteiger partial charge in [-0.2, -0.15) is 0 Å². The van der Waals surface area contributed by atoms with Crippen LogP contribution in [0.5, 0.6) is 0 Å². The number of halogens is 2. The summed E-state index contributed by atoms with van der Waals surface area (Å²) in [6.45, 7) is 1.73. The molecule has 3 rings (SSSR count). The van der Waals surface area contributed by atoms with E-state index in [4.69, 9.17) is 23.2 Å². The van der Waals surface area contributed by atoms with Crippen molar-refractivity contribution in [3.63, 3.8) is 0 Å². The summed E-state index contributed by atoms with van der Waals surface area (Å²) in [6.07, 6.45) is 3.79. The van der Waals surface area contributed by atoms with E-state index < -0.39 is 0 Å². The van der Waals surface area contributed by atoms with Gasteiger partial charge < -0.3 is 10.2 Å². The zero-order valence-corrected chi connectivity index (χ0v) is 14.9. The molecule has 0 spiro atoms. The number of carbonyl (C=O) groups excluding carboxylic acids is 1. The molecule has 0 radical (unpaired) electrons. The topological polar surface area (TPSA) is 32.3 Å². The van der Waals surface area contributed by atoms with Crippen LogP contribution >= 0.6 is 23.2 Å². The number of carbonyl (C=O) groups is 1. The van der Waals surface area contributed by atoms with Crippen LogP contribution in [0.25, 0.3) is 0 Å². The zero-order chi connectivity index (χ0) is 16.9. The summed E-state index contributed by atoms with van der Waals surface area (Å²) >= 11 is 12.5. The number of nitrogens with one attached hydrogen (secondary N) is 1. The average Bonchev–Trinajstić information content (AvgIpc) is 2.60. The number of nitrogens with zero attached hydrogens (tertiary/aromatic N) is 1. The number of rotatable bonds is 4. The lowest BCUT2D eigenvalue weighted by atomic mass is 10.1. The van der Waals surface area contributed by atoms with Gasteiger partial charge in [-0.05, 0) is 43.0 Å². The van der Waals surface area contributed by atoms with E-state index in [2.05, 4.69) is 5.32 Å². The molecule has 0 saturated carbocycles. The molecule has 1 aliphatic heterocycles. The van der Waals surface area contributed by atoms with Gasteiger partial charge in [-0.1, -0.05) is 47.5 Å². The smallest absolute Gasteiger partial charge is 0.227 e. The van der Waals surface area contributed by atoms with Crippen molar-refractivity contribution in [2.45, 2.75) is 25.7 Å². The van der Waals surface area contributed by atoms with Gasteiger partial charge >= 0.3 is 0 Å². The van der Waals surface area contributed by atoms with Gasteiger partial charge in [0, 0.05) is 18.8 Å². The molecule has 2 aromatic rings. The Morgan fingerprint density at radius 2 is 1.62 bits per heavy atom. The lowest BCUT2D eigenvalue weighted by molar-refractivity contribution is -0.131. The Labute approximate surface area is 152 Å². The van der Waals surface area contributed by atoms with E-state index in [1.54, 1.807) is 12.1 Å². The molecule has 24 heavy (non-hydrogen) atoms. The number of benzene rings is 2. The van der Waals surface area contributed by atoms with Crippen LogP contribution in [0, 0.1) is 0 Å². The summed E-state index contributed by atoms with van der Waals surface area (Å²) in [5, 5.41) is 4.39. The summed E-state index contributed by atoms with van der Waals surface area (Å²) in [6, 6.07) is 13.2. The van der Waals surface area contributed by atoms with Gasteiger partial charge in [0.05, 0.1) is 22.2 Å². The average molecular weight is 363 g/mol. The van der Waals surface area contributed by atoms with Gasteiger partial charge in [-0.3, -0.25) is 4.79 Å². The fourth-order valence-electron chi connectivity index (χ4n) is 2.97. The van der Waals surface area contributed by atoms with Gasteiger partial charge in [-0.15, -0.1) is 0 Å². The van der Waals surface area contributed by atoms with E-state index in [1.807, 2.05) is 35.2 Å². The first-order chi connectivity index (χ1) is 11.6. The Kier molecular flexibility index (Phi) is 5.64. The SMILES string of the molecule is O=C(Cc1ccccc1Nc1c(Cl)cccc1Cl)N1CCCCC1. The fraction of sp³-hybridized carbons (Fsp3) is 0.316. The highest BCUT2D eigenvalue weighted by molar-refractivity contribution is 6.39. The van der Waals surface area contributed by atoms with Crippen molar-refractivity contribution >= 4 is 40.5 Å². The number of hydrogen-bond acceptors (Lipinski definition) is 2. The van der Waals surface area contributed by atoms with Gasteiger partial charge in [0.25, 0.3) is 0 Å². The Morgan fingerprint density at radius 3 is 2.33 bits per heavy atom. The van der Waals surface area contributed by atoms with E-state index in [0.29, 0.717) is 22.2 Å². The summed E-state index contributed by atoms with van der Waals surface area (Å²) in [4.78, 5) is 14.5. The third-order valence-corrected chi connectivity index (χ3v) is 4.92. The molecule has 0 aliphatic carbocycles. The van der Waals surface area contributed by atoms with E-state index in [-0.39, 0.29) is 5.91 Å². The summed E-state index contributed by atoms with van der Waals surface area (Å²) in [5.41, 5.74) is 2.47. The normalized spacial score (nSPS) is 14.5. The first kappa shape index (κ1) is 17.1. The first-order valence-electron chi connectivity index (χ1n) is 8.22. The maximum Gasteiger partial charge on any atom is 0.227 e. The minimum Gasteiger partial charge on any atom is -0.353 e. The minimum atomic E-state index is 0.175. The molecule has 3 nitrogen and oxygen atoms in total. The number of hydrogen-bond donors (Lipinski definition) is 1. The van der Waals surface area contributed by atoms with Crippen LogP contribution in [-0.4, -0.2) is 23.9 Å². The standard InChI is InChI=1S/C19H20Cl2N2O/c20-15-8-6-9-16(21)19(15)22-17-10-3-2-7-14(17)13-18(24)23-11-4-1-5-12-23/h2-3,6-10,22H,1,4-5,11-13H2. The summed E-state index contributed by atoms with van der Waals surface area (Å²) in [5.74, 6) is 0.175. The molecule has 1 fully saturated rings. The number of likely N-dealkylation sites (tertiary alicyclic amines) is 1. The van der Waals surface area contributed by atoms with Crippen molar-refractivity contribution in [1.29, 1.82) is 0 Å². The Balaban J connectivity index is 1.79. The van der Waals surface area contributed by atoms with Gasteiger partial charge in [0.15, 0.2) is 0 Å². The van der Waals surface area contributed by atoms with Crippen molar-refractivity contribution in [2.75, 3.05) is 18.4 Å². The van der Waals surface area contributed by atoms with Crippen LogP contribution in [-0.2, 0) is 11.2 Å². The highest BCUT2D eigenvalue weighted by Gasteiger charge is 2.18. The predicted molar refractivity (Wildman–Crippen MR) is 100 cm³/mol. The minimum absolute atomic E-state index is 0.175. The maximum absolute atomic E-state index is 12.6. The lowest BCUT2D eigenvalue weighted by Gasteiger charge is -2.27. The molecule has 2 aromatic carbocycles. The van der Waals surface area contributed by atoms with Crippen molar-refractivity contribution in [3.05, 3.63) is 58.1 Å². The van der Waals surface area contributed by atoms with Gasteiger partial charge in [0.1, 0.15) is 0 Å². The number of piperidine rings is 1. The van der Waals surface area contributed by atoms with E-state index in [9.17, 15) is 4.79 Å². The van der Waals surface area contributed by atoms with Crippen molar-refractivity contribution in [1.82, 2.24) is 4.90 Å². The molecule has 1 aliphatic rings. The molecule has 126 valence electrons. The third kappa shape index (κ3) is 4.03. The van der Waals surface area contributed by atoms with Crippen LogP contribution < -0.4 is 5.32 Å². The molecule has 0 unspecified atom stereocenters. The number of para-hydroxylation sites is 2. The van der Waals surface area contributed by atoms with Crippen molar-refractivity contribution in [3.8, 4) is 0 Å². The van der Waals surface area contributed by atoms with Crippen molar-refractivity contribution < 1.29 is 4.79 Å². The second-order valence-corrected chi connectivity index (χ2v) is 6.81. The van der Waals surface area contributed by atoms with Crippen LogP contribution in [0.3, 0.4) is 0 Å². The molecular weight excluding hydrogens is 343 g/mol. The van der Waals surface area contributed by atoms with Gasteiger partial charge in [-0.25, -0.2) is 0 Å². The third-order valence-electron chi connectivity index (χ3n) is 4.29. The zero-order valence-electron chi connectivity index (χ0n) is 13.4. The monoisotopic (exact) mass is 362 g/mol. The number of amides is 1. The fourth-order valence-corrected chi connectivity index (χ4v) is 3.46. The molecule has 1 heterocycles. The van der Waals surface area contributed by atoms with E-state index in [0.717, 1.165) is 37.2 Å². The molecule has 0 atom stereocenters. The van der Waals surface area contributed by atoms with Crippen molar-refractivity contribution in [2.24, 2.45) is 0 Å². The van der Waals surface area contributed by atoms with Crippen LogP contribution in [0.4, 0.5) is 11.4 Å². The number of anilines is 2. The quantitative estimate of drug-likeness (QED) is 0.800. The Morgan fingerprint density at radius 1 is 0.958 bits per heavy atom. The van der Waals surface area contributed by atoms with Crippen LogP contribution in [0.15, 0.2) is 42.5 Å². The van der Waals surface area contributed by atoms with E-state index >= 15 is 0 Å². The maximum atomic E-state index is 12.6. The lowest BCUT2D eigenvalue weighted by Crippen LogP contribution is -2.36. The molecule has 1 N–H and O–H groups in total. The summed E-state index contributed by atoms with van der Waals surface area (Å²) in [7, 11) is 0. The molecule has 0 aromatic heterocycles. The predicted octanol–water partition coefficient (Wildman–Crippen LogP) is 5.29. The molecular formula is C19H20Cl2N2O. The second kappa shape index (κ2) is 7.91. The largest absolute Gasteiger partial charge is 0.353 e. The van der Waals surface area contributed by atoms with E-state index in [1.165, 1.54) is 6.42 Å². The second-order valence-electron chi connectivity index (χ2n) is 6.00. The highest BCUT2D eigenvalue weighted by Crippen LogP contribution is 2.33. The Bertz CT molecular complexity index is 707. The van der Waals surface area contributed by atoms with Crippen LogP contribution in [0.2, 0.25) is 10.0 Å². The molecule has 5 heteroatoms. The van der Waals surface area contributed by atoms with Crippen LogP contribution in [0.1, 0.15) is 24.8 Å². The molecule has 0 bridgehead atoms. The Hall–Kier alpha value is -1.71. The molecule has 1 amide bonds. The molecule has 1 saturated heterocycles. The summed E-state index contributed by atoms with van der Waals surface area (Å²) < 4.78 is 0.